The Balaban J connectivity index is -0.000000167. The van der Waals surface area contributed by atoms with Crippen molar-refractivity contribution in [3.8, 4) is 0 Å². The van der Waals surface area contributed by atoms with E-state index in [2.05, 4.69) is 20.8 Å². The molecule has 3 nitrogen and oxygen atoms in total. The van der Waals surface area contributed by atoms with Crippen molar-refractivity contribution in [1.29, 1.82) is 0 Å². The standard InChI is InChI=1S/C8H19NO2.2CH4.V/c1-8(2,3)9(4,5)6-7(10)11;;;/h7,10H,6H2,1-5H3;2*1H4;. The van der Waals surface area contributed by atoms with E-state index in [-0.39, 0.29) is 45.5 Å². The summed E-state index contributed by atoms with van der Waals surface area (Å²) < 4.78 is 0.539. The molecular weight excluding hydrogens is 217 g/mol. The molecule has 0 aliphatic carbocycles. The van der Waals surface area contributed by atoms with Gasteiger partial charge in [0.2, 0.25) is 0 Å². The van der Waals surface area contributed by atoms with Crippen LogP contribution in [0.5, 0.6) is 0 Å². The summed E-state index contributed by atoms with van der Waals surface area (Å²) in [6.45, 7) is 6.41. The fourth-order valence-corrected chi connectivity index (χ4v) is 0.664. The van der Waals surface area contributed by atoms with E-state index >= 15 is 0 Å². The number of likely N-dealkylation sites (N-methyl/N-ethyl adjacent to an activating group) is 1. The Morgan fingerprint density at radius 3 is 1.57 bits per heavy atom. The van der Waals surface area contributed by atoms with Gasteiger partial charge in [-0.2, -0.15) is 0 Å². The van der Waals surface area contributed by atoms with Crippen molar-refractivity contribution in [1.82, 2.24) is 0 Å². The molecule has 1 unspecified atom stereocenters. The Labute approximate surface area is 102 Å². The SMILES string of the molecule is C.C.CC(C)(C)[N+](C)(C)CC([O-])O.[V]. The van der Waals surface area contributed by atoms with Gasteiger partial charge in [0.1, 0.15) is 0 Å². The van der Waals surface area contributed by atoms with Gasteiger partial charge in [0.25, 0.3) is 0 Å². The summed E-state index contributed by atoms with van der Waals surface area (Å²) in [4.78, 5) is 0. The molecule has 14 heavy (non-hydrogen) atoms. The molecule has 0 amide bonds. The van der Waals surface area contributed by atoms with Gasteiger partial charge in [-0.25, -0.2) is 0 Å². The number of hydrogen-bond acceptors (Lipinski definition) is 2. The normalized spacial score (nSPS) is 13.1. The first-order chi connectivity index (χ1) is 4.67. The van der Waals surface area contributed by atoms with E-state index in [1.165, 1.54) is 0 Å². The van der Waals surface area contributed by atoms with E-state index in [1.54, 1.807) is 0 Å². The third kappa shape index (κ3) is 7.83. The molecule has 0 saturated heterocycles. The molecule has 0 bridgehead atoms. The van der Waals surface area contributed by atoms with Crippen LogP contribution >= 0.6 is 0 Å². The number of aliphatic hydroxyl groups excluding tert-OH is 1. The van der Waals surface area contributed by atoms with Crippen molar-refractivity contribution in [2.75, 3.05) is 20.6 Å². The zero-order chi connectivity index (χ0) is 9.28. The molecule has 1 radical (unpaired) electrons. The topological polar surface area (TPSA) is 43.3 Å². The maximum Gasteiger partial charge on any atom is 0.0903 e. The molecule has 89 valence electrons. The molecule has 0 aliphatic heterocycles. The smallest absolute Gasteiger partial charge is 0.0903 e. The molecule has 0 spiro atoms. The second kappa shape index (κ2) is 7.72. The van der Waals surface area contributed by atoms with Crippen molar-refractivity contribution in [3.63, 3.8) is 0 Å². The summed E-state index contributed by atoms with van der Waals surface area (Å²) in [6, 6.07) is 0. The third-order valence-electron chi connectivity index (χ3n) is 2.43. The van der Waals surface area contributed by atoms with Crippen LogP contribution in [0.1, 0.15) is 35.6 Å². The zero-order valence-corrected chi connectivity index (χ0v) is 9.93. The number of rotatable bonds is 2. The van der Waals surface area contributed by atoms with Crippen molar-refractivity contribution < 1.29 is 33.3 Å². The van der Waals surface area contributed by atoms with Gasteiger partial charge in [-0.3, -0.25) is 0 Å². The predicted molar refractivity (Wildman–Crippen MR) is 56.2 cm³/mol. The van der Waals surface area contributed by atoms with E-state index in [0.717, 1.165) is 0 Å². The Morgan fingerprint density at radius 2 is 1.50 bits per heavy atom. The van der Waals surface area contributed by atoms with Gasteiger partial charge < -0.3 is 14.7 Å². The molecule has 0 fully saturated rings. The largest absolute Gasteiger partial charge is 0.827 e. The van der Waals surface area contributed by atoms with Crippen LogP contribution in [-0.4, -0.2) is 42.1 Å². The quantitative estimate of drug-likeness (QED) is 0.577. The van der Waals surface area contributed by atoms with Crippen LogP contribution in [0.3, 0.4) is 0 Å². The number of quaternary nitrogens is 1. The Bertz CT molecular complexity index is 131. The van der Waals surface area contributed by atoms with Gasteiger partial charge >= 0.3 is 0 Å². The Hall–Kier alpha value is 0.464. The minimum absolute atomic E-state index is 0. The summed E-state index contributed by atoms with van der Waals surface area (Å²) >= 11 is 0. The van der Waals surface area contributed by atoms with Crippen LogP contribution in [0.25, 0.3) is 0 Å². The van der Waals surface area contributed by atoms with Crippen LogP contribution < -0.4 is 5.11 Å². The average Bonchev–Trinajstić information content (AvgIpc) is 1.56. The van der Waals surface area contributed by atoms with Crippen molar-refractivity contribution >= 4 is 0 Å². The van der Waals surface area contributed by atoms with Crippen LogP contribution in [0.15, 0.2) is 0 Å². The fraction of sp³-hybridized carbons (Fsp3) is 1.00. The summed E-state index contributed by atoms with van der Waals surface area (Å²) in [5, 5.41) is 19.2. The van der Waals surface area contributed by atoms with Gasteiger partial charge in [-0.1, -0.05) is 14.9 Å². The van der Waals surface area contributed by atoms with Crippen molar-refractivity contribution in [2.24, 2.45) is 0 Å². The molecule has 0 rings (SSSR count). The van der Waals surface area contributed by atoms with Gasteiger partial charge in [0, 0.05) is 24.8 Å². The van der Waals surface area contributed by atoms with E-state index in [1.807, 2.05) is 14.1 Å². The molecule has 1 atom stereocenters. The first kappa shape index (κ1) is 23.9. The van der Waals surface area contributed by atoms with Crippen molar-refractivity contribution in [3.05, 3.63) is 0 Å². The van der Waals surface area contributed by atoms with Crippen LogP contribution in [0.4, 0.5) is 0 Å². The molecule has 0 aromatic heterocycles. The maximum atomic E-state index is 10.5. The summed E-state index contributed by atoms with van der Waals surface area (Å²) in [5.74, 6) is 0. The number of aliphatic hydroxyl groups is 1. The number of nitrogens with zero attached hydrogens (tertiary/aromatic N) is 1. The van der Waals surface area contributed by atoms with E-state index in [9.17, 15) is 5.11 Å². The zero-order valence-electron chi connectivity index (χ0n) is 8.53. The second-order valence-electron chi connectivity index (χ2n) is 4.49. The van der Waals surface area contributed by atoms with Crippen LogP contribution in [-0.2, 0) is 18.6 Å². The molecule has 0 aromatic rings. The molecule has 4 heteroatoms. The first-order valence-electron chi connectivity index (χ1n) is 3.84. The molecule has 1 N–H and O–H groups in total. The van der Waals surface area contributed by atoms with Gasteiger partial charge in [0.15, 0.2) is 0 Å². The Kier molecular flexibility index (Phi) is 13.2. The van der Waals surface area contributed by atoms with E-state index in [0.29, 0.717) is 4.48 Å². The van der Waals surface area contributed by atoms with E-state index in [4.69, 9.17) is 5.11 Å². The van der Waals surface area contributed by atoms with Crippen LogP contribution in [0, 0.1) is 0 Å². The third-order valence-corrected chi connectivity index (χ3v) is 2.43. The fourth-order valence-electron chi connectivity index (χ4n) is 0.664. The van der Waals surface area contributed by atoms with Crippen LogP contribution in [0.2, 0.25) is 0 Å². The molecular formula is C10H27NO2V. The monoisotopic (exact) mass is 244 g/mol. The first-order valence-corrected chi connectivity index (χ1v) is 3.84. The molecule has 0 heterocycles. The van der Waals surface area contributed by atoms with E-state index < -0.39 is 6.29 Å². The second-order valence-corrected chi connectivity index (χ2v) is 4.49. The predicted octanol–water partition coefficient (Wildman–Crippen LogP) is 0.810. The van der Waals surface area contributed by atoms with Gasteiger partial charge in [0.05, 0.1) is 26.2 Å². The minimum Gasteiger partial charge on any atom is -0.827 e. The summed E-state index contributed by atoms with van der Waals surface area (Å²) in [5.41, 5.74) is 0.00535. The molecule has 0 aromatic carbocycles. The molecule has 0 aliphatic rings. The minimum atomic E-state index is -1.47. The van der Waals surface area contributed by atoms with Gasteiger partial charge in [-0.15, -0.1) is 0 Å². The Morgan fingerprint density at radius 1 is 1.21 bits per heavy atom. The van der Waals surface area contributed by atoms with Gasteiger partial charge in [-0.05, 0) is 20.8 Å². The summed E-state index contributed by atoms with van der Waals surface area (Å²) in [6.07, 6.45) is -1.47. The molecule has 0 saturated carbocycles. The average molecular weight is 244 g/mol. The number of hydrogen-bond donors (Lipinski definition) is 1. The maximum absolute atomic E-state index is 10.5. The summed E-state index contributed by atoms with van der Waals surface area (Å²) in [7, 11) is 3.89. The van der Waals surface area contributed by atoms with Crippen molar-refractivity contribution in [2.45, 2.75) is 47.5 Å².